The third-order valence-electron chi connectivity index (χ3n) is 2.94. The van der Waals surface area contributed by atoms with E-state index in [1.165, 1.54) is 13.0 Å². The van der Waals surface area contributed by atoms with E-state index in [2.05, 4.69) is 26.2 Å². The van der Waals surface area contributed by atoms with Gasteiger partial charge in [-0.05, 0) is 53.2 Å². The Bertz CT molecular complexity index is 734. The first-order valence-corrected chi connectivity index (χ1v) is 7.51. The molecule has 1 aromatic heterocycles. The van der Waals surface area contributed by atoms with Crippen LogP contribution >= 0.6 is 15.9 Å². The van der Waals surface area contributed by atoms with E-state index >= 15 is 0 Å². The van der Waals surface area contributed by atoms with Crippen LogP contribution in [0.2, 0.25) is 0 Å². The molecule has 23 heavy (non-hydrogen) atoms. The zero-order valence-electron chi connectivity index (χ0n) is 12.4. The number of pyridine rings is 1. The van der Waals surface area contributed by atoms with Gasteiger partial charge in [0, 0.05) is 17.1 Å². The second kappa shape index (κ2) is 7.19. The molecule has 8 heteroatoms. The number of hydrogen-bond acceptors (Lipinski definition) is 5. The van der Waals surface area contributed by atoms with Gasteiger partial charge in [-0.1, -0.05) is 15.9 Å². The van der Waals surface area contributed by atoms with Gasteiger partial charge in [0.15, 0.2) is 6.10 Å². The van der Waals surface area contributed by atoms with Gasteiger partial charge in [0.05, 0.1) is 0 Å². The number of rotatable bonds is 5. The number of halogens is 1. The van der Waals surface area contributed by atoms with Gasteiger partial charge in [-0.3, -0.25) is 4.79 Å². The number of amides is 1. The standard InChI is InChI=1S/C15H14BrN3O4/c1-9-3-8-13(14(17-9)19(21)22)23-10(2)15(20)18-12-6-4-11(16)5-7-12/h3-8,10H,1-2H3,(H,18,20). The van der Waals surface area contributed by atoms with Crippen molar-refractivity contribution in [3.05, 3.63) is 56.7 Å². The third kappa shape index (κ3) is 4.49. The van der Waals surface area contributed by atoms with Gasteiger partial charge in [-0.2, -0.15) is 0 Å². The van der Waals surface area contributed by atoms with Crippen LogP contribution < -0.4 is 10.1 Å². The van der Waals surface area contributed by atoms with E-state index in [0.717, 1.165) is 4.47 Å². The van der Waals surface area contributed by atoms with Crippen LogP contribution in [0, 0.1) is 17.0 Å². The van der Waals surface area contributed by atoms with Crippen LogP contribution in [0.1, 0.15) is 12.6 Å². The van der Waals surface area contributed by atoms with Gasteiger partial charge in [0.1, 0.15) is 5.69 Å². The van der Waals surface area contributed by atoms with Crippen molar-refractivity contribution < 1.29 is 14.5 Å². The summed E-state index contributed by atoms with van der Waals surface area (Å²) < 4.78 is 6.28. The van der Waals surface area contributed by atoms with Crippen molar-refractivity contribution in [2.24, 2.45) is 0 Å². The predicted octanol–water partition coefficient (Wildman–Crippen LogP) is 3.47. The Morgan fingerprint density at radius 2 is 1.96 bits per heavy atom. The summed E-state index contributed by atoms with van der Waals surface area (Å²) in [5, 5.41) is 13.7. The van der Waals surface area contributed by atoms with Gasteiger partial charge in [0.25, 0.3) is 5.91 Å². The first-order chi connectivity index (χ1) is 10.9. The lowest BCUT2D eigenvalue weighted by atomic mass is 10.3. The summed E-state index contributed by atoms with van der Waals surface area (Å²) in [7, 11) is 0. The van der Waals surface area contributed by atoms with Crippen molar-refractivity contribution in [2.75, 3.05) is 5.32 Å². The molecule has 2 aromatic rings. The monoisotopic (exact) mass is 379 g/mol. The second-order valence-corrected chi connectivity index (χ2v) is 5.70. The summed E-state index contributed by atoms with van der Waals surface area (Å²) >= 11 is 3.30. The van der Waals surface area contributed by atoms with E-state index in [4.69, 9.17) is 4.74 Å². The molecule has 1 unspecified atom stereocenters. The number of carbonyl (C=O) groups excluding carboxylic acids is 1. The fraction of sp³-hybridized carbons (Fsp3) is 0.200. The summed E-state index contributed by atoms with van der Waals surface area (Å²) in [6.07, 6.45) is -0.915. The lowest BCUT2D eigenvalue weighted by molar-refractivity contribution is -0.390. The highest BCUT2D eigenvalue weighted by molar-refractivity contribution is 9.10. The molecule has 1 N–H and O–H groups in total. The average Bonchev–Trinajstić information content (AvgIpc) is 2.51. The topological polar surface area (TPSA) is 94.4 Å². The molecule has 1 heterocycles. The molecule has 120 valence electrons. The number of hydrogen-bond donors (Lipinski definition) is 1. The molecule has 7 nitrogen and oxygen atoms in total. The van der Waals surface area contributed by atoms with E-state index in [-0.39, 0.29) is 5.75 Å². The van der Waals surface area contributed by atoms with E-state index in [1.54, 1.807) is 37.3 Å². The molecule has 0 fully saturated rings. The molecule has 0 aliphatic carbocycles. The van der Waals surface area contributed by atoms with E-state index in [9.17, 15) is 14.9 Å². The molecule has 0 saturated carbocycles. The summed E-state index contributed by atoms with van der Waals surface area (Å²) in [6, 6.07) is 10.0. The third-order valence-corrected chi connectivity index (χ3v) is 3.46. The highest BCUT2D eigenvalue weighted by Gasteiger charge is 2.22. The number of aromatic nitrogens is 1. The Balaban J connectivity index is 2.09. The first kappa shape index (κ1) is 16.9. The van der Waals surface area contributed by atoms with E-state index in [1.807, 2.05) is 0 Å². The maximum absolute atomic E-state index is 12.1. The normalized spacial score (nSPS) is 11.6. The molecule has 1 atom stereocenters. The molecular weight excluding hydrogens is 366 g/mol. The largest absolute Gasteiger partial charge is 0.473 e. The molecule has 0 aliphatic heterocycles. The Kier molecular flexibility index (Phi) is 5.28. The van der Waals surface area contributed by atoms with Gasteiger partial charge >= 0.3 is 5.82 Å². The average molecular weight is 380 g/mol. The molecule has 2 rings (SSSR count). The van der Waals surface area contributed by atoms with Crippen LogP contribution in [0.15, 0.2) is 40.9 Å². The zero-order chi connectivity index (χ0) is 17.0. The summed E-state index contributed by atoms with van der Waals surface area (Å²) in [5.41, 5.74) is 1.10. The Labute approximate surface area is 141 Å². The lowest BCUT2D eigenvalue weighted by Gasteiger charge is -2.14. The van der Waals surface area contributed by atoms with Crippen molar-refractivity contribution in [3.8, 4) is 5.75 Å². The van der Waals surface area contributed by atoms with Crippen molar-refractivity contribution in [1.82, 2.24) is 4.98 Å². The molecule has 0 spiro atoms. The van der Waals surface area contributed by atoms with Crippen molar-refractivity contribution in [2.45, 2.75) is 20.0 Å². The quantitative estimate of drug-likeness (QED) is 0.633. The van der Waals surface area contributed by atoms with Gasteiger partial charge in [-0.15, -0.1) is 0 Å². The molecule has 1 amide bonds. The molecule has 0 aliphatic rings. The van der Waals surface area contributed by atoms with Crippen LogP contribution in [-0.4, -0.2) is 21.9 Å². The highest BCUT2D eigenvalue weighted by atomic mass is 79.9. The number of carbonyl (C=O) groups is 1. The minimum Gasteiger partial charge on any atom is -0.473 e. The summed E-state index contributed by atoms with van der Waals surface area (Å²) in [6.45, 7) is 3.15. The van der Waals surface area contributed by atoms with E-state index in [0.29, 0.717) is 11.4 Å². The number of nitrogens with one attached hydrogen (secondary N) is 1. The van der Waals surface area contributed by atoms with Crippen LogP contribution in [0.25, 0.3) is 0 Å². The minimum absolute atomic E-state index is 0.0425. The number of ether oxygens (including phenoxy) is 1. The summed E-state index contributed by atoms with van der Waals surface area (Å²) in [4.78, 5) is 26.3. The zero-order valence-corrected chi connectivity index (χ0v) is 14.0. The maximum atomic E-state index is 12.1. The van der Waals surface area contributed by atoms with Crippen LogP contribution in [-0.2, 0) is 4.79 Å². The van der Waals surface area contributed by atoms with E-state index < -0.39 is 22.8 Å². The highest BCUT2D eigenvalue weighted by Crippen LogP contribution is 2.25. The number of nitrogens with zero attached hydrogens (tertiary/aromatic N) is 2. The van der Waals surface area contributed by atoms with Crippen molar-refractivity contribution >= 4 is 33.3 Å². The first-order valence-electron chi connectivity index (χ1n) is 6.72. The SMILES string of the molecule is Cc1ccc(OC(C)C(=O)Nc2ccc(Br)cc2)c([N+](=O)[O-])n1. The second-order valence-electron chi connectivity index (χ2n) is 4.79. The Hall–Kier alpha value is -2.48. The number of aryl methyl sites for hydroxylation is 1. The number of nitro groups is 1. The van der Waals surface area contributed by atoms with Crippen molar-refractivity contribution in [1.29, 1.82) is 0 Å². The molecule has 0 bridgehead atoms. The molecular formula is C15H14BrN3O4. The number of benzene rings is 1. The molecule has 1 aromatic carbocycles. The van der Waals surface area contributed by atoms with Crippen molar-refractivity contribution in [3.63, 3.8) is 0 Å². The van der Waals surface area contributed by atoms with Crippen LogP contribution in [0.3, 0.4) is 0 Å². The smallest absolute Gasteiger partial charge is 0.406 e. The van der Waals surface area contributed by atoms with Crippen LogP contribution in [0.4, 0.5) is 11.5 Å². The van der Waals surface area contributed by atoms with Gasteiger partial charge in [-0.25, -0.2) is 0 Å². The Morgan fingerprint density at radius 1 is 1.30 bits per heavy atom. The maximum Gasteiger partial charge on any atom is 0.406 e. The number of anilines is 1. The fourth-order valence-corrected chi connectivity index (χ4v) is 2.04. The van der Waals surface area contributed by atoms with Crippen LogP contribution in [0.5, 0.6) is 5.75 Å². The summed E-state index contributed by atoms with van der Waals surface area (Å²) in [5.74, 6) is -0.866. The molecule has 0 radical (unpaired) electrons. The van der Waals surface area contributed by atoms with Gasteiger partial charge in [0.2, 0.25) is 5.75 Å². The van der Waals surface area contributed by atoms with Gasteiger partial charge < -0.3 is 20.2 Å². The lowest BCUT2D eigenvalue weighted by Crippen LogP contribution is -2.30. The fourth-order valence-electron chi connectivity index (χ4n) is 1.77. The predicted molar refractivity (Wildman–Crippen MR) is 88.5 cm³/mol. The Morgan fingerprint density at radius 3 is 2.57 bits per heavy atom. The minimum atomic E-state index is -0.915. The molecule has 0 saturated heterocycles.